The molecule has 2 aliphatic rings. The number of ether oxygens (including phenoxy) is 2. The molecule has 1 amide bonds. The summed E-state index contributed by atoms with van der Waals surface area (Å²) >= 11 is 0. The summed E-state index contributed by atoms with van der Waals surface area (Å²) in [4.78, 5) is 15.0. The van der Waals surface area contributed by atoms with Crippen molar-refractivity contribution in [2.45, 2.75) is 37.9 Å². The topological polar surface area (TPSA) is 50.8 Å². The van der Waals surface area contributed by atoms with Crippen molar-refractivity contribution in [1.82, 2.24) is 10.2 Å². The maximum atomic E-state index is 12.5. The van der Waals surface area contributed by atoms with Gasteiger partial charge in [0.15, 0.2) is 11.5 Å². The van der Waals surface area contributed by atoms with E-state index in [9.17, 15) is 4.79 Å². The van der Waals surface area contributed by atoms with Crippen LogP contribution in [0.1, 0.15) is 34.3 Å². The highest BCUT2D eigenvalue weighted by atomic mass is 16.5. The molecule has 0 aromatic heterocycles. The number of hydrogen-bond donors (Lipinski definition) is 1. The van der Waals surface area contributed by atoms with E-state index in [4.69, 9.17) is 9.47 Å². The van der Waals surface area contributed by atoms with E-state index in [1.54, 1.807) is 14.2 Å². The molecule has 0 radical (unpaired) electrons. The van der Waals surface area contributed by atoms with Crippen molar-refractivity contribution in [2.24, 2.45) is 0 Å². The van der Waals surface area contributed by atoms with E-state index in [1.165, 1.54) is 11.1 Å². The first kappa shape index (κ1) is 17.9. The van der Waals surface area contributed by atoms with E-state index in [-0.39, 0.29) is 11.9 Å². The molecule has 142 valence electrons. The first-order valence-corrected chi connectivity index (χ1v) is 9.51. The zero-order chi connectivity index (χ0) is 18.8. The van der Waals surface area contributed by atoms with E-state index in [0.29, 0.717) is 6.04 Å². The fourth-order valence-electron chi connectivity index (χ4n) is 4.28. The SMILES string of the molecule is COc1cc2c(cc1OC)CN1CC[C@@H](NC(=O)c3ccccc3)C[C@H]1C2. The largest absolute Gasteiger partial charge is 0.493 e. The summed E-state index contributed by atoms with van der Waals surface area (Å²) in [5.74, 6) is 1.60. The second kappa shape index (κ2) is 7.61. The van der Waals surface area contributed by atoms with Gasteiger partial charge in [-0.3, -0.25) is 9.69 Å². The molecule has 2 aromatic carbocycles. The first-order chi connectivity index (χ1) is 13.2. The third kappa shape index (κ3) is 3.65. The number of nitrogens with zero attached hydrogens (tertiary/aromatic N) is 1. The summed E-state index contributed by atoms with van der Waals surface area (Å²) in [5.41, 5.74) is 3.37. The lowest BCUT2D eigenvalue weighted by molar-refractivity contribution is 0.0822. The summed E-state index contributed by atoms with van der Waals surface area (Å²) in [5, 5.41) is 3.22. The van der Waals surface area contributed by atoms with Crippen LogP contribution in [0.15, 0.2) is 42.5 Å². The molecule has 1 fully saturated rings. The molecule has 0 spiro atoms. The zero-order valence-electron chi connectivity index (χ0n) is 15.9. The second-order valence-electron chi connectivity index (χ2n) is 7.37. The molecule has 4 rings (SSSR count). The summed E-state index contributed by atoms with van der Waals surface area (Å²) in [7, 11) is 3.35. The molecular weight excluding hydrogens is 340 g/mol. The number of benzene rings is 2. The Labute approximate surface area is 160 Å². The Hall–Kier alpha value is -2.53. The van der Waals surface area contributed by atoms with Crippen molar-refractivity contribution in [3.8, 4) is 11.5 Å². The Kier molecular flexibility index (Phi) is 5.03. The number of rotatable bonds is 4. The molecule has 2 atom stereocenters. The number of hydrogen-bond acceptors (Lipinski definition) is 4. The number of nitrogens with one attached hydrogen (secondary N) is 1. The van der Waals surface area contributed by atoms with E-state index >= 15 is 0 Å². The maximum Gasteiger partial charge on any atom is 0.251 e. The molecule has 2 aliphatic heterocycles. The smallest absolute Gasteiger partial charge is 0.251 e. The monoisotopic (exact) mass is 366 g/mol. The van der Waals surface area contributed by atoms with E-state index < -0.39 is 0 Å². The van der Waals surface area contributed by atoms with Crippen molar-refractivity contribution in [1.29, 1.82) is 0 Å². The molecule has 5 nitrogen and oxygen atoms in total. The van der Waals surface area contributed by atoms with Crippen molar-refractivity contribution in [2.75, 3.05) is 20.8 Å². The highest BCUT2D eigenvalue weighted by Gasteiger charge is 2.33. The van der Waals surface area contributed by atoms with Gasteiger partial charge in [0, 0.05) is 30.7 Å². The van der Waals surface area contributed by atoms with Gasteiger partial charge in [-0.05, 0) is 54.7 Å². The van der Waals surface area contributed by atoms with Gasteiger partial charge in [0.05, 0.1) is 14.2 Å². The summed E-state index contributed by atoms with van der Waals surface area (Å²) in [6, 6.07) is 14.3. The van der Waals surface area contributed by atoms with Gasteiger partial charge < -0.3 is 14.8 Å². The number of carbonyl (C=O) groups excluding carboxylic acids is 1. The Bertz CT molecular complexity index is 822. The molecule has 0 saturated carbocycles. The van der Waals surface area contributed by atoms with Crippen LogP contribution in [0.4, 0.5) is 0 Å². The maximum absolute atomic E-state index is 12.5. The van der Waals surface area contributed by atoms with Gasteiger partial charge >= 0.3 is 0 Å². The zero-order valence-corrected chi connectivity index (χ0v) is 15.9. The van der Waals surface area contributed by atoms with Crippen molar-refractivity contribution >= 4 is 5.91 Å². The van der Waals surface area contributed by atoms with Crippen molar-refractivity contribution in [3.63, 3.8) is 0 Å². The standard InChI is InChI=1S/C22H26N2O3/c1-26-20-11-16-10-19-13-18(23-22(25)15-6-4-3-5-7-15)8-9-24(19)14-17(16)12-21(20)27-2/h3-7,11-12,18-19H,8-10,13-14H2,1-2H3,(H,23,25)/t18-,19-/m1/s1. The van der Waals surface area contributed by atoms with Gasteiger partial charge in [-0.1, -0.05) is 18.2 Å². The van der Waals surface area contributed by atoms with Crippen molar-refractivity contribution < 1.29 is 14.3 Å². The Balaban J connectivity index is 1.46. The van der Waals surface area contributed by atoms with Gasteiger partial charge in [-0.15, -0.1) is 0 Å². The number of fused-ring (bicyclic) bond motifs is 2. The minimum atomic E-state index is 0.0247. The van der Waals surface area contributed by atoms with Gasteiger partial charge in [0.1, 0.15) is 0 Å². The van der Waals surface area contributed by atoms with Crippen LogP contribution in [0.2, 0.25) is 0 Å². The summed E-state index contributed by atoms with van der Waals surface area (Å²) < 4.78 is 10.9. The summed E-state index contributed by atoms with van der Waals surface area (Å²) in [6.07, 6.45) is 2.94. The molecule has 0 unspecified atom stereocenters. The van der Waals surface area contributed by atoms with Crippen LogP contribution in [-0.2, 0) is 13.0 Å². The molecule has 0 aliphatic carbocycles. The van der Waals surface area contributed by atoms with Gasteiger partial charge in [-0.25, -0.2) is 0 Å². The fourth-order valence-corrected chi connectivity index (χ4v) is 4.28. The van der Waals surface area contributed by atoms with Crippen LogP contribution in [-0.4, -0.2) is 43.7 Å². The van der Waals surface area contributed by atoms with Crippen LogP contribution < -0.4 is 14.8 Å². The van der Waals surface area contributed by atoms with Crippen LogP contribution in [0.5, 0.6) is 11.5 Å². The highest BCUT2D eigenvalue weighted by Crippen LogP contribution is 2.36. The summed E-state index contributed by atoms with van der Waals surface area (Å²) in [6.45, 7) is 1.93. The average molecular weight is 366 g/mol. The molecule has 0 bridgehead atoms. The Morgan fingerprint density at radius 1 is 1.07 bits per heavy atom. The highest BCUT2D eigenvalue weighted by molar-refractivity contribution is 5.94. The third-order valence-corrected chi connectivity index (χ3v) is 5.74. The number of methoxy groups -OCH3 is 2. The van der Waals surface area contributed by atoms with E-state index in [2.05, 4.69) is 22.3 Å². The molecule has 2 heterocycles. The minimum Gasteiger partial charge on any atom is -0.493 e. The van der Waals surface area contributed by atoms with E-state index in [0.717, 1.165) is 49.4 Å². The lowest BCUT2D eigenvalue weighted by Gasteiger charge is -2.43. The molecule has 1 N–H and O–H groups in total. The van der Waals surface area contributed by atoms with Gasteiger partial charge in [0.2, 0.25) is 0 Å². The van der Waals surface area contributed by atoms with Crippen LogP contribution >= 0.6 is 0 Å². The first-order valence-electron chi connectivity index (χ1n) is 9.51. The second-order valence-corrected chi connectivity index (χ2v) is 7.37. The lowest BCUT2D eigenvalue weighted by atomic mass is 9.86. The number of piperidine rings is 1. The Morgan fingerprint density at radius 3 is 2.48 bits per heavy atom. The van der Waals surface area contributed by atoms with E-state index in [1.807, 2.05) is 30.3 Å². The quantitative estimate of drug-likeness (QED) is 0.904. The van der Waals surface area contributed by atoms with Gasteiger partial charge in [0.25, 0.3) is 5.91 Å². The van der Waals surface area contributed by atoms with Crippen LogP contribution in [0.25, 0.3) is 0 Å². The number of carbonyl (C=O) groups is 1. The predicted octanol–water partition coefficient (Wildman–Crippen LogP) is 3.02. The Morgan fingerprint density at radius 2 is 1.78 bits per heavy atom. The average Bonchev–Trinajstić information content (AvgIpc) is 2.71. The van der Waals surface area contributed by atoms with Crippen LogP contribution in [0.3, 0.4) is 0 Å². The van der Waals surface area contributed by atoms with Gasteiger partial charge in [-0.2, -0.15) is 0 Å². The third-order valence-electron chi connectivity index (χ3n) is 5.74. The van der Waals surface area contributed by atoms with Crippen molar-refractivity contribution in [3.05, 3.63) is 59.2 Å². The normalized spacial score (nSPS) is 21.7. The molecular formula is C22H26N2O3. The molecule has 1 saturated heterocycles. The molecule has 2 aromatic rings. The minimum absolute atomic E-state index is 0.0247. The lowest BCUT2D eigenvalue weighted by Crippen LogP contribution is -2.52. The fraction of sp³-hybridized carbons (Fsp3) is 0.409. The molecule has 27 heavy (non-hydrogen) atoms. The predicted molar refractivity (Wildman–Crippen MR) is 104 cm³/mol. The van der Waals surface area contributed by atoms with Crippen LogP contribution in [0, 0.1) is 0 Å². The number of amides is 1. The molecule has 5 heteroatoms.